The quantitative estimate of drug-likeness (QED) is 0.761. The number of aromatic nitrogens is 3. The maximum Gasteiger partial charge on any atom is 0.138 e. The third-order valence-electron chi connectivity index (χ3n) is 3.15. The predicted octanol–water partition coefficient (Wildman–Crippen LogP) is 2.95. The largest absolute Gasteiger partial charge is 0.508 e. The van der Waals surface area contributed by atoms with Crippen LogP contribution in [0.1, 0.15) is 5.56 Å². The lowest BCUT2D eigenvalue weighted by molar-refractivity contribution is 0.475. The molecule has 1 heterocycles. The lowest BCUT2D eigenvalue weighted by Gasteiger charge is -2.11. The molecule has 0 saturated carbocycles. The van der Waals surface area contributed by atoms with Crippen molar-refractivity contribution in [2.45, 2.75) is 6.92 Å². The van der Waals surface area contributed by atoms with Crippen molar-refractivity contribution in [2.24, 2.45) is 0 Å². The van der Waals surface area contributed by atoms with E-state index in [1.807, 2.05) is 24.3 Å². The normalized spacial score (nSPS) is 10.6. The van der Waals surface area contributed by atoms with E-state index in [1.54, 1.807) is 23.1 Å². The molecule has 4 nitrogen and oxygen atoms in total. The third-order valence-corrected chi connectivity index (χ3v) is 3.15. The summed E-state index contributed by atoms with van der Waals surface area (Å²) in [5, 5.41) is 13.5. The van der Waals surface area contributed by atoms with Crippen LogP contribution >= 0.6 is 0 Å². The van der Waals surface area contributed by atoms with E-state index in [0.717, 1.165) is 22.4 Å². The molecule has 0 radical (unpaired) electrons. The Bertz CT molecular complexity index is 688. The molecule has 0 aliphatic carbocycles. The van der Waals surface area contributed by atoms with E-state index in [4.69, 9.17) is 0 Å². The van der Waals surface area contributed by atoms with Crippen molar-refractivity contribution in [3.8, 4) is 22.6 Å². The van der Waals surface area contributed by atoms with Gasteiger partial charge in [-0.1, -0.05) is 24.3 Å². The zero-order valence-electron chi connectivity index (χ0n) is 10.5. The Balaban J connectivity index is 2.13. The zero-order chi connectivity index (χ0) is 13.2. The maximum absolute atomic E-state index is 9.36. The van der Waals surface area contributed by atoms with Crippen molar-refractivity contribution in [3.63, 3.8) is 0 Å². The van der Waals surface area contributed by atoms with Gasteiger partial charge in [-0.25, -0.2) is 9.67 Å². The standard InChI is InChI=1S/C15H13N3O/c1-11-14(12-5-7-13(19)8-6-12)3-2-4-15(11)18-10-16-9-17-18/h2-10,19H,1H3. The van der Waals surface area contributed by atoms with E-state index in [-0.39, 0.29) is 5.75 Å². The third kappa shape index (κ3) is 2.08. The molecule has 1 N–H and O–H groups in total. The fraction of sp³-hybridized carbons (Fsp3) is 0.0667. The van der Waals surface area contributed by atoms with Gasteiger partial charge in [-0.3, -0.25) is 0 Å². The average molecular weight is 251 g/mol. The van der Waals surface area contributed by atoms with Gasteiger partial charge in [0, 0.05) is 0 Å². The summed E-state index contributed by atoms with van der Waals surface area (Å²) in [5.41, 5.74) is 4.31. The Morgan fingerprint density at radius 3 is 2.53 bits per heavy atom. The van der Waals surface area contributed by atoms with E-state index >= 15 is 0 Å². The number of phenols is 1. The van der Waals surface area contributed by atoms with Gasteiger partial charge in [0.1, 0.15) is 18.4 Å². The molecule has 1 aromatic heterocycles. The van der Waals surface area contributed by atoms with Gasteiger partial charge in [0.25, 0.3) is 0 Å². The van der Waals surface area contributed by atoms with Crippen molar-refractivity contribution in [1.82, 2.24) is 14.8 Å². The molecule has 3 aromatic rings. The molecule has 0 bridgehead atoms. The molecular weight excluding hydrogens is 238 g/mol. The van der Waals surface area contributed by atoms with Crippen molar-refractivity contribution in [2.75, 3.05) is 0 Å². The van der Waals surface area contributed by atoms with Crippen molar-refractivity contribution in [1.29, 1.82) is 0 Å². The van der Waals surface area contributed by atoms with Crippen LogP contribution in [0, 0.1) is 6.92 Å². The zero-order valence-corrected chi connectivity index (χ0v) is 10.5. The molecular formula is C15H13N3O. The van der Waals surface area contributed by atoms with Crippen LogP contribution in [-0.2, 0) is 0 Å². The van der Waals surface area contributed by atoms with Crippen LogP contribution in [0.2, 0.25) is 0 Å². The van der Waals surface area contributed by atoms with Crippen LogP contribution < -0.4 is 0 Å². The van der Waals surface area contributed by atoms with Gasteiger partial charge in [0.05, 0.1) is 5.69 Å². The van der Waals surface area contributed by atoms with Gasteiger partial charge >= 0.3 is 0 Å². The van der Waals surface area contributed by atoms with E-state index in [1.165, 1.54) is 6.33 Å². The summed E-state index contributed by atoms with van der Waals surface area (Å²) < 4.78 is 1.75. The summed E-state index contributed by atoms with van der Waals surface area (Å²) in [7, 11) is 0. The average Bonchev–Trinajstić information content (AvgIpc) is 2.94. The summed E-state index contributed by atoms with van der Waals surface area (Å²) in [4.78, 5) is 3.97. The Hall–Kier alpha value is -2.62. The topological polar surface area (TPSA) is 50.9 Å². The predicted molar refractivity (Wildman–Crippen MR) is 73.2 cm³/mol. The Kier molecular flexibility index (Phi) is 2.76. The van der Waals surface area contributed by atoms with E-state index in [9.17, 15) is 5.11 Å². The van der Waals surface area contributed by atoms with Crippen LogP contribution in [0.4, 0.5) is 0 Å². The molecule has 0 aliphatic heterocycles. The van der Waals surface area contributed by atoms with E-state index in [2.05, 4.69) is 23.1 Å². The highest BCUT2D eigenvalue weighted by Crippen LogP contribution is 2.28. The van der Waals surface area contributed by atoms with Gasteiger partial charge in [-0.05, 0) is 41.8 Å². The fourth-order valence-electron chi connectivity index (χ4n) is 2.16. The lowest BCUT2D eigenvalue weighted by Crippen LogP contribution is -1.98. The molecule has 0 atom stereocenters. The molecule has 94 valence electrons. The smallest absolute Gasteiger partial charge is 0.138 e. The number of phenolic OH excluding ortho intramolecular Hbond substituents is 1. The van der Waals surface area contributed by atoms with Crippen LogP contribution in [0.5, 0.6) is 5.75 Å². The highest BCUT2D eigenvalue weighted by Gasteiger charge is 2.08. The highest BCUT2D eigenvalue weighted by molar-refractivity contribution is 5.71. The first-order chi connectivity index (χ1) is 9.25. The summed E-state index contributed by atoms with van der Waals surface area (Å²) in [5.74, 6) is 0.272. The molecule has 2 aromatic carbocycles. The number of benzene rings is 2. The first-order valence-corrected chi connectivity index (χ1v) is 6.00. The fourth-order valence-corrected chi connectivity index (χ4v) is 2.16. The van der Waals surface area contributed by atoms with Crippen molar-refractivity contribution < 1.29 is 5.11 Å². The second kappa shape index (κ2) is 4.57. The van der Waals surface area contributed by atoms with Crippen LogP contribution in [0.25, 0.3) is 16.8 Å². The van der Waals surface area contributed by atoms with Crippen molar-refractivity contribution >= 4 is 0 Å². The molecule has 19 heavy (non-hydrogen) atoms. The maximum atomic E-state index is 9.36. The van der Waals surface area contributed by atoms with E-state index < -0.39 is 0 Å². The summed E-state index contributed by atoms with van der Waals surface area (Å²) in [6, 6.07) is 13.3. The number of rotatable bonds is 2. The Morgan fingerprint density at radius 2 is 1.84 bits per heavy atom. The second-order valence-electron chi connectivity index (χ2n) is 4.34. The molecule has 4 heteroatoms. The number of hydrogen-bond acceptors (Lipinski definition) is 3. The van der Waals surface area contributed by atoms with Crippen LogP contribution in [-0.4, -0.2) is 19.9 Å². The minimum absolute atomic E-state index is 0.272. The molecule has 0 aliphatic rings. The second-order valence-corrected chi connectivity index (χ2v) is 4.34. The minimum atomic E-state index is 0.272. The van der Waals surface area contributed by atoms with E-state index in [0.29, 0.717) is 0 Å². The molecule has 0 spiro atoms. The molecule has 0 unspecified atom stereocenters. The molecule has 0 amide bonds. The summed E-state index contributed by atoms with van der Waals surface area (Å²) in [6.07, 6.45) is 3.20. The Labute approximate surface area is 111 Å². The van der Waals surface area contributed by atoms with Gasteiger partial charge in [0.2, 0.25) is 0 Å². The summed E-state index contributed by atoms with van der Waals surface area (Å²) in [6.45, 7) is 2.05. The van der Waals surface area contributed by atoms with Gasteiger partial charge < -0.3 is 5.11 Å². The summed E-state index contributed by atoms with van der Waals surface area (Å²) >= 11 is 0. The molecule has 0 saturated heterocycles. The Morgan fingerprint density at radius 1 is 1.05 bits per heavy atom. The SMILES string of the molecule is Cc1c(-c2ccc(O)cc2)cccc1-n1cncn1. The van der Waals surface area contributed by atoms with Gasteiger partial charge in [-0.15, -0.1) is 0 Å². The van der Waals surface area contributed by atoms with Gasteiger partial charge in [0.15, 0.2) is 0 Å². The van der Waals surface area contributed by atoms with Crippen LogP contribution in [0.3, 0.4) is 0 Å². The first-order valence-electron chi connectivity index (χ1n) is 6.00. The van der Waals surface area contributed by atoms with Gasteiger partial charge in [-0.2, -0.15) is 5.10 Å². The number of aromatic hydroxyl groups is 1. The molecule has 3 rings (SSSR count). The molecule has 0 fully saturated rings. The monoisotopic (exact) mass is 251 g/mol. The highest BCUT2D eigenvalue weighted by atomic mass is 16.3. The minimum Gasteiger partial charge on any atom is -0.508 e. The number of hydrogen-bond donors (Lipinski definition) is 1. The first kappa shape index (κ1) is 11.5. The van der Waals surface area contributed by atoms with Crippen molar-refractivity contribution in [3.05, 3.63) is 60.7 Å². The lowest BCUT2D eigenvalue weighted by atomic mass is 9.99. The van der Waals surface area contributed by atoms with Crippen LogP contribution in [0.15, 0.2) is 55.1 Å². The number of nitrogens with zero attached hydrogens (tertiary/aromatic N) is 3.